The van der Waals surface area contributed by atoms with E-state index in [1.54, 1.807) is 36.4 Å². The quantitative estimate of drug-likeness (QED) is 0.285. The van der Waals surface area contributed by atoms with E-state index in [1.165, 1.54) is 24.1 Å². The van der Waals surface area contributed by atoms with Gasteiger partial charge in [0.2, 0.25) is 0 Å². The van der Waals surface area contributed by atoms with Gasteiger partial charge in [0.25, 0.3) is 5.91 Å². The molecule has 6 heteroatoms. The summed E-state index contributed by atoms with van der Waals surface area (Å²) >= 11 is 0. The molecule has 4 aromatic rings. The zero-order valence-corrected chi connectivity index (χ0v) is 21.7. The molecule has 0 bridgehead atoms. The van der Waals surface area contributed by atoms with Crippen molar-refractivity contribution < 1.29 is 9.18 Å². The van der Waals surface area contributed by atoms with Gasteiger partial charge in [-0.15, -0.1) is 0 Å². The molecule has 1 aliphatic carbocycles. The van der Waals surface area contributed by atoms with Crippen molar-refractivity contribution >= 4 is 16.8 Å². The summed E-state index contributed by atoms with van der Waals surface area (Å²) in [6, 6.07) is 21.6. The van der Waals surface area contributed by atoms with Crippen LogP contribution in [0.2, 0.25) is 0 Å². The van der Waals surface area contributed by atoms with Gasteiger partial charge in [-0.2, -0.15) is 10.4 Å². The molecule has 6 rings (SSSR count). The standard InChI is InChI=1S/C14H11FN2.C13H12N2O.C5H8/c1-10-2-3-11-9-16-17(14(11)8-10)13-6-4-12(15)5-7-13;14-6-9-3-1-2-4-12(9)13(16)15-7-10-5-11(10)8-15;1-3-5-4-2/h2-9H,1H3;1-4,10-11H,5,7-8H2;3-5H,1H2,2H3/b;;5-4-. The number of halogens is 1. The molecule has 1 saturated heterocycles. The first-order chi connectivity index (χ1) is 18.4. The fourth-order valence-corrected chi connectivity index (χ4v) is 4.55. The highest BCUT2D eigenvalue weighted by molar-refractivity contribution is 5.96. The van der Waals surface area contributed by atoms with Crippen molar-refractivity contribution in [2.75, 3.05) is 13.1 Å². The predicted molar refractivity (Wildman–Crippen MR) is 149 cm³/mol. The maximum Gasteiger partial charge on any atom is 0.255 e. The third-order valence-electron chi connectivity index (χ3n) is 6.67. The summed E-state index contributed by atoms with van der Waals surface area (Å²) in [5.74, 6) is 1.25. The Bertz CT molecular complexity index is 1490. The van der Waals surface area contributed by atoms with E-state index < -0.39 is 0 Å². The van der Waals surface area contributed by atoms with E-state index in [0.717, 1.165) is 41.5 Å². The van der Waals surface area contributed by atoms with Crippen molar-refractivity contribution in [2.24, 2.45) is 11.8 Å². The monoisotopic (exact) mass is 506 g/mol. The summed E-state index contributed by atoms with van der Waals surface area (Å²) in [4.78, 5) is 14.1. The molecule has 1 amide bonds. The van der Waals surface area contributed by atoms with Gasteiger partial charge in [0.1, 0.15) is 5.82 Å². The van der Waals surface area contributed by atoms with Gasteiger partial charge in [-0.3, -0.25) is 4.79 Å². The lowest BCUT2D eigenvalue weighted by Crippen LogP contribution is -2.30. The minimum absolute atomic E-state index is 0.0179. The van der Waals surface area contributed by atoms with E-state index in [-0.39, 0.29) is 11.7 Å². The predicted octanol–water partition coefficient (Wildman–Crippen LogP) is 6.87. The second kappa shape index (κ2) is 12.2. The van der Waals surface area contributed by atoms with Crippen molar-refractivity contribution in [3.8, 4) is 11.8 Å². The van der Waals surface area contributed by atoms with Gasteiger partial charge >= 0.3 is 0 Å². The zero-order valence-electron chi connectivity index (χ0n) is 21.7. The molecule has 2 aliphatic rings. The molecule has 0 radical (unpaired) electrons. The average molecular weight is 507 g/mol. The largest absolute Gasteiger partial charge is 0.338 e. The second-order valence-electron chi connectivity index (χ2n) is 9.48. The molecule has 2 unspecified atom stereocenters. The number of amides is 1. The third kappa shape index (κ3) is 6.24. The number of carbonyl (C=O) groups excluding carboxylic acids is 1. The number of nitriles is 1. The van der Waals surface area contributed by atoms with Crippen LogP contribution in [0.4, 0.5) is 4.39 Å². The maximum absolute atomic E-state index is 12.9. The Morgan fingerprint density at radius 3 is 2.45 bits per heavy atom. The highest BCUT2D eigenvalue weighted by Gasteiger charge is 2.46. The van der Waals surface area contributed by atoms with Crippen molar-refractivity contribution in [3.63, 3.8) is 0 Å². The minimum Gasteiger partial charge on any atom is -0.338 e. The molecule has 1 saturated carbocycles. The Labute approximate surface area is 223 Å². The molecule has 2 atom stereocenters. The zero-order chi connectivity index (χ0) is 27.1. The Balaban J connectivity index is 0.000000151. The number of piperidine rings is 1. The first-order valence-electron chi connectivity index (χ1n) is 12.7. The lowest BCUT2D eigenvalue weighted by atomic mass is 10.1. The molecule has 192 valence electrons. The molecular weight excluding hydrogens is 475 g/mol. The molecule has 1 aliphatic heterocycles. The van der Waals surface area contributed by atoms with Gasteiger partial charge < -0.3 is 4.90 Å². The Morgan fingerprint density at radius 2 is 1.82 bits per heavy atom. The van der Waals surface area contributed by atoms with Crippen LogP contribution in [0.15, 0.2) is 97.7 Å². The molecule has 2 fully saturated rings. The number of rotatable bonds is 3. The number of fused-ring (bicyclic) bond motifs is 2. The number of hydrogen-bond donors (Lipinski definition) is 0. The fourth-order valence-electron chi connectivity index (χ4n) is 4.55. The fraction of sp³-hybridized carbons (Fsp3) is 0.219. The number of benzene rings is 3. The number of aryl methyl sites for hydroxylation is 1. The van der Waals surface area contributed by atoms with Crippen LogP contribution < -0.4 is 0 Å². The first-order valence-corrected chi connectivity index (χ1v) is 12.7. The van der Waals surface area contributed by atoms with Gasteiger partial charge in [0.15, 0.2) is 0 Å². The number of likely N-dealkylation sites (tertiary alicyclic amines) is 1. The summed E-state index contributed by atoms with van der Waals surface area (Å²) in [6.07, 6.45) is 8.68. The average Bonchev–Trinajstić information content (AvgIpc) is 3.33. The van der Waals surface area contributed by atoms with Crippen LogP contribution in [-0.4, -0.2) is 33.7 Å². The smallest absolute Gasteiger partial charge is 0.255 e. The van der Waals surface area contributed by atoms with Gasteiger partial charge in [0.05, 0.1) is 34.6 Å². The summed E-state index contributed by atoms with van der Waals surface area (Å²) in [5, 5.41) is 14.4. The molecule has 3 aromatic carbocycles. The number of nitrogens with zero attached hydrogens (tertiary/aromatic N) is 4. The van der Waals surface area contributed by atoms with Crippen molar-refractivity contribution in [1.82, 2.24) is 14.7 Å². The SMILES string of the molecule is C=C/C=C\C.Cc1ccc2cnn(-c3ccc(F)cc3)c2c1.N#Cc1ccccc1C(=O)N1CC2CC2C1. The highest BCUT2D eigenvalue weighted by Crippen LogP contribution is 2.45. The molecule has 0 N–H and O–H groups in total. The molecule has 2 heterocycles. The summed E-state index contributed by atoms with van der Waals surface area (Å²) in [7, 11) is 0. The van der Waals surface area contributed by atoms with E-state index in [0.29, 0.717) is 11.1 Å². The van der Waals surface area contributed by atoms with Crippen LogP contribution in [0.5, 0.6) is 0 Å². The van der Waals surface area contributed by atoms with Gasteiger partial charge in [0, 0.05) is 18.5 Å². The number of hydrogen-bond acceptors (Lipinski definition) is 3. The normalized spacial score (nSPS) is 17.1. The van der Waals surface area contributed by atoms with Crippen molar-refractivity contribution in [2.45, 2.75) is 20.3 Å². The van der Waals surface area contributed by atoms with E-state index in [2.05, 4.69) is 29.9 Å². The molecule has 38 heavy (non-hydrogen) atoms. The van der Waals surface area contributed by atoms with Crippen molar-refractivity contribution in [1.29, 1.82) is 5.26 Å². The lowest BCUT2D eigenvalue weighted by molar-refractivity contribution is 0.0775. The number of aromatic nitrogens is 2. The van der Waals surface area contributed by atoms with Gasteiger partial charge in [-0.1, -0.05) is 49.1 Å². The van der Waals surface area contributed by atoms with E-state index in [4.69, 9.17) is 5.26 Å². The van der Waals surface area contributed by atoms with Crippen LogP contribution >= 0.6 is 0 Å². The highest BCUT2D eigenvalue weighted by atomic mass is 19.1. The van der Waals surface area contributed by atoms with Crippen LogP contribution in [0, 0.1) is 35.9 Å². The number of allylic oxidation sites excluding steroid dienone is 3. The second-order valence-corrected chi connectivity index (χ2v) is 9.48. The Morgan fingerprint density at radius 1 is 1.11 bits per heavy atom. The molecule has 5 nitrogen and oxygen atoms in total. The van der Waals surface area contributed by atoms with Gasteiger partial charge in [-0.25, -0.2) is 9.07 Å². The number of carbonyl (C=O) groups is 1. The van der Waals surface area contributed by atoms with E-state index >= 15 is 0 Å². The molecular formula is C32H31FN4O. The first kappa shape index (κ1) is 26.6. The van der Waals surface area contributed by atoms with Crippen LogP contribution in [0.1, 0.15) is 34.8 Å². The lowest BCUT2D eigenvalue weighted by Gasteiger charge is -2.18. The van der Waals surface area contributed by atoms with Crippen LogP contribution in [0.3, 0.4) is 0 Å². The van der Waals surface area contributed by atoms with Crippen molar-refractivity contribution in [3.05, 3.63) is 120 Å². The Hall–Kier alpha value is -4.50. The van der Waals surface area contributed by atoms with Crippen LogP contribution in [-0.2, 0) is 0 Å². The molecule has 0 spiro atoms. The van der Waals surface area contributed by atoms with Gasteiger partial charge in [-0.05, 0) is 80.1 Å². The summed E-state index contributed by atoms with van der Waals surface area (Å²) in [6.45, 7) is 9.22. The minimum atomic E-state index is -0.235. The topological polar surface area (TPSA) is 61.9 Å². The van der Waals surface area contributed by atoms with Crippen LogP contribution in [0.25, 0.3) is 16.6 Å². The summed E-state index contributed by atoms with van der Waals surface area (Å²) < 4.78 is 14.7. The summed E-state index contributed by atoms with van der Waals surface area (Å²) in [5.41, 5.74) is 4.12. The van der Waals surface area contributed by atoms with E-state index in [1.807, 2.05) is 53.9 Å². The molecule has 1 aromatic heterocycles. The Kier molecular flexibility index (Phi) is 8.50. The maximum atomic E-state index is 12.9. The van der Waals surface area contributed by atoms with E-state index in [9.17, 15) is 9.18 Å². The third-order valence-corrected chi connectivity index (χ3v) is 6.67.